The van der Waals surface area contributed by atoms with Crippen molar-refractivity contribution in [2.24, 2.45) is 11.7 Å². The fourth-order valence-corrected chi connectivity index (χ4v) is 1.73. The minimum Gasteiger partial charge on any atom is -0.355 e. The van der Waals surface area contributed by atoms with Crippen LogP contribution in [0, 0.1) is 11.7 Å². The lowest BCUT2D eigenvalue weighted by Crippen LogP contribution is -2.34. The molecule has 1 aromatic rings. The minimum atomic E-state index is -0.283. The molecule has 3 nitrogen and oxygen atoms in total. The second-order valence-electron chi connectivity index (χ2n) is 3.93. The van der Waals surface area contributed by atoms with Crippen molar-refractivity contribution in [3.63, 3.8) is 0 Å². The van der Waals surface area contributed by atoms with Crippen LogP contribution in [-0.2, 0) is 11.2 Å². The summed E-state index contributed by atoms with van der Waals surface area (Å²) in [6.07, 6.45) is 0.669. The Kier molecular flexibility index (Phi) is 8.15. The van der Waals surface area contributed by atoms with Gasteiger partial charge in [0.15, 0.2) is 0 Å². The maximum atomic E-state index is 13.0. The van der Waals surface area contributed by atoms with Gasteiger partial charge >= 0.3 is 0 Å². The number of carbonyl (C=O) groups is 1. The SMILES string of the molecule is CC(CN)C(=O)NCCc1ccc(F)c(Br)c1.Cl. The van der Waals surface area contributed by atoms with E-state index in [0.29, 0.717) is 24.0 Å². The summed E-state index contributed by atoms with van der Waals surface area (Å²) >= 11 is 3.12. The van der Waals surface area contributed by atoms with Gasteiger partial charge in [-0.2, -0.15) is 0 Å². The lowest BCUT2D eigenvalue weighted by molar-refractivity contribution is -0.124. The first-order valence-electron chi connectivity index (χ1n) is 5.46. The third kappa shape index (κ3) is 5.33. The Balaban J connectivity index is 0.00000289. The highest BCUT2D eigenvalue weighted by Gasteiger charge is 2.09. The Bertz CT molecular complexity index is 404. The molecule has 0 saturated heterocycles. The fourth-order valence-electron chi connectivity index (χ4n) is 1.31. The Morgan fingerprint density at radius 3 is 2.78 bits per heavy atom. The van der Waals surface area contributed by atoms with Gasteiger partial charge < -0.3 is 11.1 Å². The van der Waals surface area contributed by atoms with Gasteiger partial charge in [-0.1, -0.05) is 13.0 Å². The Morgan fingerprint density at radius 1 is 1.56 bits per heavy atom. The minimum absolute atomic E-state index is 0. The Labute approximate surface area is 121 Å². The van der Waals surface area contributed by atoms with E-state index in [9.17, 15) is 9.18 Å². The second-order valence-corrected chi connectivity index (χ2v) is 4.78. The van der Waals surface area contributed by atoms with Crippen LogP contribution in [0.4, 0.5) is 4.39 Å². The summed E-state index contributed by atoms with van der Waals surface area (Å²) in [5.41, 5.74) is 6.35. The van der Waals surface area contributed by atoms with E-state index in [1.807, 2.05) is 0 Å². The molecule has 102 valence electrons. The van der Waals surface area contributed by atoms with Crippen molar-refractivity contribution in [3.8, 4) is 0 Å². The summed E-state index contributed by atoms with van der Waals surface area (Å²) in [4.78, 5) is 11.4. The molecule has 0 aliphatic carbocycles. The summed E-state index contributed by atoms with van der Waals surface area (Å²) in [5.74, 6) is -0.502. The fraction of sp³-hybridized carbons (Fsp3) is 0.417. The molecule has 1 rings (SSSR count). The van der Waals surface area contributed by atoms with Crippen LogP contribution >= 0.6 is 28.3 Å². The summed E-state index contributed by atoms with van der Waals surface area (Å²) in [6, 6.07) is 4.83. The molecule has 18 heavy (non-hydrogen) atoms. The molecule has 1 aromatic carbocycles. The zero-order valence-electron chi connectivity index (χ0n) is 10.1. The summed E-state index contributed by atoms with van der Waals surface area (Å²) in [7, 11) is 0. The van der Waals surface area contributed by atoms with Crippen LogP contribution < -0.4 is 11.1 Å². The van der Waals surface area contributed by atoms with Crippen molar-refractivity contribution in [1.82, 2.24) is 5.32 Å². The molecule has 0 saturated carbocycles. The molecule has 0 aromatic heterocycles. The Hall–Kier alpha value is -0.650. The molecule has 1 unspecified atom stereocenters. The largest absolute Gasteiger partial charge is 0.355 e. The van der Waals surface area contributed by atoms with Gasteiger partial charge in [-0.05, 0) is 40.0 Å². The van der Waals surface area contributed by atoms with Gasteiger partial charge in [0.1, 0.15) is 5.82 Å². The van der Waals surface area contributed by atoms with Gasteiger partial charge in [0.2, 0.25) is 5.91 Å². The van der Waals surface area contributed by atoms with Crippen LogP contribution in [0.2, 0.25) is 0 Å². The molecular weight excluding hydrogens is 322 g/mol. The van der Waals surface area contributed by atoms with E-state index in [1.54, 1.807) is 19.1 Å². The smallest absolute Gasteiger partial charge is 0.224 e. The van der Waals surface area contributed by atoms with Crippen molar-refractivity contribution < 1.29 is 9.18 Å². The molecule has 1 amide bonds. The molecular formula is C12H17BrClFN2O. The number of rotatable bonds is 5. The van der Waals surface area contributed by atoms with Crippen molar-refractivity contribution in [2.45, 2.75) is 13.3 Å². The van der Waals surface area contributed by atoms with Gasteiger partial charge in [-0.15, -0.1) is 12.4 Å². The van der Waals surface area contributed by atoms with E-state index in [2.05, 4.69) is 21.2 Å². The maximum Gasteiger partial charge on any atom is 0.224 e. The van der Waals surface area contributed by atoms with E-state index >= 15 is 0 Å². The average molecular weight is 340 g/mol. The van der Waals surface area contributed by atoms with E-state index in [-0.39, 0.29) is 30.0 Å². The molecule has 0 heterocycles. The van der Waals surface area contributed by atoms with Gasteiger partial charge in [-0.25, -0.2) is 4.39 Å². The Morgan fingerprint density at radius 2 is 2.22 bits per heavy atom. The standard InChI is InChI=1S/C12H16BrFN2O.ClH/c1-8(7-15)12(17)16-5-4-9-2-3-11(14)10(13)6-9;/h2-3,6,8H,4-5,7,15H2,1H3,(H,16,17);1H. The predicted octanol–water partition coefficient (Wildman–Crippen LogP) is 2.26. The highest BCUT2D eigenvalue weighted by atomic mass is 79.9. The van der Waals surface area contributed by atoms with Crippen LogP contribution in [0.15, 0.2) is 22.7 Å². The molecule has 1 atom stereocenters. The van der Waals surface area contributed by atoms with Gasteiger partial charge in [0.25, 0.3) is 0 Å². The number of nitrogens with two attached hydrogens (primary N) is 1. The summed E-state index contributed by atoms with van der Waals surface area (Å²) in [6.45, 7) is 2.65. The summed E-state index contributed by atoms with van der Waals surface area (Å²) < 4.78 is 13.4. The molecule has 3 N–H and O–H groups in total. The average Bonchev–Trinajstić information content (AvgIpc) is 2.32. The molecule has 0 bridgehead atoms. The van der Waals surface area contributed by atoms with Crippen molar-refractivity contribution in [2.75, 3.05) is 13.1 Å². The summed E-state index contributed by atoms with van der Waals surface area (Å²) in [5, 5.41) is 2.79. The quantitative estimate of drug-likeness (QED) is 0.864. The van der Waals surface area contributed by atoms with E-state index in [1.165, 1.54) is 6.07 Å². The lowest BCUT2D eigenvalue weighted by Gasteiger charge is -2.09. The van der Waals surface area contributed by atoms with Crippen molar-refractivity contribution in [1.29, 1.82) is 0 Å². The van der Waals surface area contributed by atoms with Crippen molar-refractivity contribution >= 4 is 34.2 Å². The molecule has 0 spiro atoms. The molecule has 0 aliphatic rings. The second kappa shape index (κ2) is 8.45. The first kappa shape index (κ1) is 17.4. The number of halogens is 3. The van der Waals surface area contributed by atoms with Gasteiger partial charge in [0.05, 0.1) is 4.47 Å². The topological polar surface area (TPSA) is 55.1 Å². The number of amides is 1. The van der Waals surface area contributed by atoms with Crippen LogP contribution in [-0.4, -0.2) is 19.0 Å². The zero-order chi connectivity index (χ0) is 12.8. The highest BCUT2D eigenvalue weighted by molar-refractivity contribution is 9.10. The van der Waals surface area contributed by atoms with Crippen LogP contribution in [0.25, 0.3) is 0 Å². The maximum absolute atomic E-state index is 13.0. The number of nitrogens with one attached hydrogen (secondary N) is 1. The third-order valence-electron chi connectivity index (χ3n) is 2.50. The predicted molar refractivity (Wildman–Crippen MR) is 76.3 cm³/mol. The van der Waals surface area contributed by atoms with Crippen LogP contribution in [0.3, 0.4) is 0 Å². The zero-order valence-corrected chi connectivity index (χ0v) is 12.5. The normalized spacial score (nSPS) is 11.6. The van der Waals surface area contributed by atoms with E-state index in [4.69, 9.17) is 5.73 Å². The molecule has 0 aliphatic heterocycles. The third-order valence-corrected chi connectivity index (χ3v) is 3.11. The lowest BCUT2D eigenvalue weighted by atomic mass is 10.1. The number of hydrogen-bond acceptors (Lipinski definition) is 2. The highest BCUT2D eigenvalue weighted by Crippen LogP contribution is 2.16. The number of hydrogen-bond donors (Lipinski definition) is 2. The monoisotopic (exact) mass is 338 g/mol. The molecule has 6 heteroatoms. The van der Waals surface area contributed by atoms with Gasteiger partial charge in [0, 0.05) is 19.0 Å². The molecule has 0 fully saturated rings. The van der Waals surface area contributed by atoms with Gasteiger partial charge in [-0.3, -0.25) is 4.79 Å². The van der Waals surface area contributed by atoms with E-state index in [0.717, 1.165) is 5.56 Å². The number of benzene rings is 1. The molecule has 0 radical (unpaired) electrons. The van der Waals surface area contributed by atoms with E-state index < -0.39 is 0 Å². The first-order valence-corrected chi connectivity index (χ1v) is 6.25. The van der Waals surface area contributed by atoms with Crippen LogP contribution in [0.1, 0.15) is 12.5 Å². The van der Waals surface area contributed by atoms with Crippen LogP contribution in [0.5, 0.6) is 0 Å². The number of carbonyl (C=O) groups excluding carboxylic acids is 1. The van der Waals surface area contributed by atoms with Crippen molar-refractivity contribution in [3.05, 3.63) is 34.1 Å². The first-order chi connectivity index (χ1) is 8.04.